The first-order valence-corrected chi connectivity index (χ1v) is 18.8. The minimum Gasteiger partial charge on any atom is -0.464 e. The first-order valence-electron chi connectivity index (χ1n) is 18.8. The van der Waals surface area contributed by atoms with Crippen LogP contribution in [-0.4, -0.2) is 15.0 Å². The largest absolute Gasteiger partial charge is 0.464 e. The molecule has 0 bridgehead atoms. The van der Waals surface area contributed by atoms with Gasteiger partial charge in [0.25, 0.3) is 0 Å². The molecule has 1 aromatic heterocycles. The number of nitriles is 1. The number of rotatable bonds is 7. The highest BCUT2D eigenvalue weighted by atomic mass is 16.5. The second kappa shape index (κ2) is 14.4. The minimum atomic E-state index is -0.362. The molecule has 1 aliphatic heterocycles. The van der Waals surface area contributed by atoms with Gasteiger partial charge in [0, 0.05) is 27.6 Å². The highest BCUT2D eigenvalue weighted by Gasteiger charge is 2.27. The molecule has 0 radical (unpaired) electrons. The van der Waals surface area contributed by atoms with Crippen LogP contribution in [0.25, 0.3) is 78.3 Å². The van der Waals surface area contributed by atoms with Crippen LogP contribution in [0.15, 0.2) is 188 Å². The number of fused-ring (bicyclic) bond motifs is 3. The topological polar surface area (TPSA) is 83.7 Å². The van der Waals surface area contributed by atoms with Gasteiger partial charge in [0.2, 0.25) is 0 Å². The van der Waals surface area contributed by atoms with Crippen molar-refractivity contribution in [3.05, 3.63) is 199 Å². The van der Waals surface area contributed by atoms with E-state index in [-0.39, 0.29) is 6.23 Å². The Balaban J connectivity index is 1.08. The van der Waals surface area contributed by atoms with Crippen molar-refractivity contribution in [1.82, 2.24) is 15.0 Å². The van der Waals surface area contributed by atoms with Gasteiger partial charge in [-0.15, -0.1) is 0 Å². The summed E-state index contributed by atoms with van der Waals surface area (Å²) in [6.07, 6.45) is -0.362. The van der Waals surface area contributed by atoms with E-state index >= 15 is 0 Å². The van der Waals surface area contributed by atoms with Crippen molar-refractivity contribution in [2.24, 2.45) is 0 Å². The van der Waals surface area contributed by atoms with Gasteiger partial charge in [-0.3, -0.25) is 0 Å². The molecule has 1 atom stereocenters. The predicted octanol–water partition coefficient (Wildman–Crippen LogP) is 12.4. The van der Waals surface area contributed by atoms with Gasteiger partial charge in [-0.05, 0) is 69.1 Å². The third-order valence-electron chi connectivity index (χ3n) is 10.4. The summed E-state index contributed by atoms with van der Waals surface area (Å²) < 4.78 is 6.67. The van der Waals surface area contributed by atoms with Crippen molar-refractivity contribution in [3.63, 3.8) is 0 Å². The summed E-state index contributed by atoms with van der Waals surface area (Å²) in [7, 11) is 0. The van der Waals surface area contributed by atoms with Gasteiger partial charge in [-0.25, -0.2) is 15.0 Å². The first kappa shape index (κ1) is 33.7. The molecule has 1 N–H and O–H groups in total. The van der Waals surface area contributed by atoms with Crippen LogP contribution < -0.4 is 10.1 Å². The first-order chi connectivity index (χ1) is 28.2. The number of nitrogens with zero attached hydrogens (tertiary/aromatic N) is 4. The fourth-order valence-electron chi connectivity index (χ4n) is 7.59. The predicted molar refractivity (Wildman–Crippen MR) is 228 cm³/mol. The molecular formula is C51H33N5O. The van der Waals surface area contributed by atoms with E-state index in [4.69, 9.17) is 19.7 Å². The van der Waals surface area contributed by atoms with Crippen molar-refractivity contribution in [2.75, 3.05) is 5.32 Å². The zero-order chi connectivity index (χ0) is 38.1. The third-order valence-corrected chi connectivity index (χ3v) is 10.4. The van der Waals surface area contributed by atoms with Crippen LogP contribution in [0.3, 0.4) is 0 Å². The number of ether oxygens (including phenoxy) is 1. The van der Waals surface area contributed by atoms with E-state index in [1.54, 1.807) is 0 Å². The molecule has 0 saturated heterocycles. The van der Waals surface area contributed by atoms with Gasteiger partial charge in [0.1, 0.15) is 0 Å². The molecule has 0 spiro atoms. The van der Waals surface area contributed by atoms with E-state index in [1.807, 2.05) is 103 Å². The molecule has 10 rings (SSSR count). The molecule has 0 amide bonds. The van der Waals surface area contributed by atoms with Gasteiger partial charge in [0.05, 0.1) is 17.3 Å². The van der Waals surface area contributed by atoms with Crippen LogP contribution >= 0.6 is 0 Å². The van der Waals surface area contributed by atoms with Crippen molar-refractivity contribution in [1.29, 1.82) is 5.26 Å². The Bertz CT molecular complexity index is 2920. The van der Waals surface area contributed by atoms with Crippen LogP contribution in [0.5, 0.6) is 5.75 Å². The Labute approximate surface area is 330 Å². The van der Waals surface area contributed by atoms with E-state index in [0.29, 0.717) is 23.0 Å². The summed E-state index contributed by atoms with van der Waals surface area (Å²) in [6, 6.07) is 65.9. The van der Waals surface area contributed by atoms with E-state index < -0.39 is 0 Å². The van der Waals surface area contributed by atoms with Crippen molar-refractivity contribution < 1.29 is 4.74 Å². The highest BCUT2D eigenvalue weighted by molar-refractivity contribution is 5.95. The molecular weight excluding hydrogens is 699 g/mol. The van der Waals surface area contributed by atoms with Crippen molar-refractivity contribution >= 4 is 16.5 Å². The van der Waals surface area contributed by atoms with Crippen LogP contribution in [0.1, 0.15) is 17.4 Å². The molecule has 0 aliphatic carbocycles. The highest BCUT2D eigenvalue weighted by Crippen LogP contribution is 2.45. The van der Waals surface area contributed by atoms with E-state index in [2.05, 4.69) is 96.3 Å². The molecule has 268 valence electrons. The van der Waals surface area contributed by atoms with Gasteiger partial charge in [0.15, 0.2) is 29.5 Å². The number of anilines is 1. The maximum atomic E-state index is 9.62. The lowest BCUT2D eigenvalue weighted by Crippen LogP contribution is -2.11. The second-order valence-corrected chi connectivity index (χ2v) is 14.0. The van der Waals surface area contributed by atoms with Crippen LogP contribution in [0.4, 0.5) is 5.69 Å². The normalized spacial score (nSPS) is 13.0. The Morgan fingerprint density at radius 2 is 1.05 bits per heavy atom. The standard InChI is InChI=1S/C51H33N5O/c52-32-33-22-24-35(25-23-33)45-31-39(41-19-9-10-21-44(41)51-53-46-29-27-34-12-7-8-20-43(34)47(46)57-51)26-28-42(45)38-17-11-18-40(30-38)50-55-48(36-13-3-1-4-14-36)54-49(56-50)37-15-5-2-6-16-37/h1-31,51,53H. The maximum absolute atomic E-state index is 9.62. The van der Waals surface area contributed by atoms with E-state index in [9.17, 15) is 5.26 Å². The van der Waals surface area contributed by atoms with Crippen LogP contribution in [0.2, 0.25) is 0 Å². The number of hydrogen-bond donors (Lipinski definition) is 1. The third kappa shape index (κ3) is 6.43. The molecule has 0 saturated carbocycles. The molecule has 0 fully saturated rings. The van der Waals surface area contributed by atoms with E-state index in [0.717, 1.165) is 77.8 Å². The number of benzene rings is 8. The SMILES string of the molecule is N#Cc1ccc(-c2cc(-c3ccccc3C3Nc4ccc5ccccc5c4O3)ccc2-c2cccc(-c3nc(-c4ccccc4)nc(-c4ccccc4)n3)c2)cc1. The fraction of sp³-hybridized carbons (Fsp3) is 0.0196. The van der Waals surface area contributed by atoms with Gasteiger partial charge < -0.3 is 10.1 Å². The van der Waals surface area contributed by atoms with Crippen LogP contribution in [-0.2, 0) is 0 Å². The van der Waals surface area contributed by atoms with Crippen molar-refractivity contribution in [3.8, 4) is 79.4 Å². The molecule has 1 aliphatic rings. The van der Waals surface area contributed by atoms with E-state index in [1.165, 1.54) is 0 Å². The minimum absolute atomic E-state index is 0.362. The summed E-state index contributed by atoms with van der Waals surface area (Å²) in [5.41, 5.74) is 11.5. The Morgan fingerprint density at radius 3 is 1.79 bits per heavy atom. The lowest BCUT2D eigenvalue weighted by atomic mass is 9.89. The zero-order valence-corrected chi connectivity index (χ0v) is 30.7. The molecule has 1 unspecified atom stereocenters. The van der Waals surface area contributed by atoms with Gasteiger partial charge in [-0.1, -0.05) is 158 Å². The molecule has 2 heterocycles. The fourth-order valence-corrected chi connectivity index (χ4v) is 7.59. The molecule has 6 heteroatoms. The number of aromatic nitrogens is 3. The number of nitrogens with one attached hydrogen (secondary N) is 1. The van der Waals surface area contributed by atoms with Crippen molar-refractivity contribution in [2.45, 2.75) is 6.23 Å². The monoisotopic (exact) mass is 731 g/mol. The summed E-state index contributed by atoms with van der Waals surface area (Å²) in [5, 5.41) is 15.5. The Hall–Kier alpha value is -7.88. The Kier molecular flexibility index (Phi) is 8.51. The molecule has 6 nitrogen and oxygen atoms in total. The average Bonchev–Trinajstić information content (AvgIpc) is 3.75. The van der Waals surface area contributed by atoms with Gasteiger partial charge >= 0.3 is 0 Å². The Morgan fingerprint density at radius 1 is 0.456 bits per heavy atom. The second-order valence-electron chi connectivity index (χ2n) is 14.0. The maximum Gasteiger partial charge on any atom is 0.197 e. The lowest BCUT2D eigenvalue weighted by molar-refractivity contribution is 0.263. The molecule has 9 aromatic rings. The molecule has 8 aromatic carbocycles. The quantitative estimate of drug-likeness (QED) is 0.176. The average molecular weight is 732 g/mol. The molecule has 57 heavy (non-hydrogen) atoms. The number of hydrogen-bond acceptors (Lipinski definition) is 6. The smallest absolute Gasteiger partial charge is 0.197 e. The van der Waals surface area contributed by atoms with Crippen LogP contribution in [0, 0.1) is 11.3 Å². The summed E-state index contributed by atoms with van der Waals surface area (Å²) in [6.45, 7) is 0. The summed E-state index contributed by atoms with van der Waals surface area (Å²) in [5.74, 6) is 2.69. The van der Waals surface area contributed by atoms with Gasteiger partial charge in [-0.2, -0.15) is 5.26 Å². The summed E-state index contributed by atoms with van der Waals surface area (Å²) in [4.78, 5) is 14.9. The summed E-state index contributed by atoms with van der Waals surface area (Å²) >= 11 is 0. The zero-order valence-electron chi connectivity index (χ0n) is 30.7. The lowest BCUT2D eigenvalue weighted by Gasteiger charge is -2.19.